The van der Waals surface area contributed by atoms with Crippen LogP contribution >= 0.6 is 0 Å². The number of hydrogen-bond acceptors (Lipinski definition) is 11. The maximum atomic E-state index is 13.1. The van der Waals surface area contributed by atoms with E-state index < -0.39 is 30.9 Å². The molecule has 0 spiro atoms. The molecule has 1 aliphatic carbocycles. The van der Waals surface area contributed by atoms with Crippen molar-refractivity contribution in [1.29, 1.82) is 0 Å². The number of imidazole rings is 1. The molecule has 0 bridgehead atoms. The number of carbonyl (C=O) groups is 2. The Morgan fingerprint density at radius 2 is 1.81 bits per heavy atom. The fraction of sp³-hybridized carbons (Fsp3) is 0.394. The summed E-state index contributed by atoms with van der Waals surface area (Å²) in [4.78, 5) is 41.7. The van der Waals surface area contributed by atoms with Crippen LogP contribution < -0.4 is 5.32 Å². The van der Waals surface area contributed by atoms with E-state index in [1.807, 2.05) is 19.1 Å². The second-order valence-electron chi connectivity index (χ2n) is 11.7. The van der Waals surface area contributed by atoms with Gasteiger partial charge in [0.15, 0.2) is 6.61 Å². The molecule has 0 unspecified atom stereocenters. The Labute approximate surface area is 270 Å². The number of pyridine rings is 3. The van der Waals surface area contributed by atoms with Gasteiger partial charge in [-0.1, -0.05) is 0 Å². The normalized spacial score (nSPS) is 17.5. The molecule has 1 aliphatic rings. The molecule has 12 nitrogen and oxygen atoms in total. The monoisotopic (exact) mass is 650 g/mol. The summed E-state index contributed by atoms with van der Waals surface area (Å²) in [6.45, 7) is 2.99. The van der Waals surface area contributed by atoms with Crippen LogP contribution in [-0.4, -0.2) is 48.5 Å². The van der Waals surface area contributed by atoms with Gasteiger partial charge in [0.1, 0.15) is 23.1 Å². The van der Waals surface area contributed by atoms with Crippen LogP contribution in [0.5, 0.6) is 0 Å². The summed E-state index contributed by atoms with van der Waals surface area (Å²) < 4.78 is 42.9. The molecule has 0 aromatic carbocycles. The number of aromatic nitrogens is 5. The van der Waals surface area contributed by atoms with Gasteiger partial charge in [-0.25, -0.2) is 28.5 Å². The van der Waals surface area contributed by atoms with E-state index in [4.69, 9.17) is 14.2 Å². The van der Waals surface area contributed by atoms with E-state index in [-0.39, 0.29) is 29.8 Å². The van der Waals surface area contributed by atoms with E-state index in [1.165, 1.54) is 18.3 Å². The average Bonchev–Trinajstić information content (AvgIpc) is 3.48. The third-order valence-electron chi connectivity index (χ3n) is 8.31. The first-order valence-corrected chi connectivity index (χ1v) is 15.1. The minimum absolute atomic E-state index is 0.0698. The highest BCUT2D eigenvalue weighted by Crippen LogP contribution is 2.41. The van der Waals surface area contributed by atoms with Crippen molar-refractivity contribution in [3.05, 3.63) is 83.8 Å². The third kappa shape index (κ3) is 8.44. The summed E-state index contributed by atoms with van der Waals surface area (Å²) in [6, 6.07) is 9.78. The number of aryl methyl sites for hydroxylation is 2. The van der Waals surface area contributed by atoms with E-state index in [2.05, 4.69) is 25.3 Å². The molecule has 2 N–H and O–H groups in total. The molecule has 0 aliphatic heterocycles. The number of carbonyl (C=O) groups excluding carboxylic acids is 2. The summed E-state index contributed by atoms with van der Waals surface area (Å²) in [5, 5.41) is 14.5. The van der Waals surface area contributed by atoms with Crippen molar-refractivity contribution < 1.29 is 37.7 Å². The van der Waals surface area contributed by atoms with Gasteiger partial charge in [-0.05, 0) is 87.4 Å². The Bertz CT molecular complexity index is 1690. The van der Waals surface area contributed by atoms with Gasteiger partial charge < -0.3 is 29.2 Å². The topological polar surface area (TPSA) is 151 Å². The lowest BCUT2D eigenvalue weighted by Crippen LogP contribution is -2.37. The molecule has 0 radical (unpaired) electrons. The van der Waals surface area contributed by atoms with Crippen LogP contribution in [0.15, 0.2) is 61.2 Å². The summed E-state index contributed by atoms with van der Waals surface area (Å²) in [6.07, 6.45) is 4.80. The molecule has 4 heterocycles. The number of ether oxygens (including phenoxy) is 3. The Morgan fingerprint density at radius 1 is 1.02 bits per heavy atom. The van der Waals surface area contributed by atoms with Crippen LogP contribution in [0.1, 0.15) is 61.7 Å². The van der Waals surface area contributed by atoms with Gasteiger partial charge in [0, 0.05) is 43.0 Å². The minimum Gasteiger partial charge on any atom is -0.427 e. The molecule has 4 aromatic rings. The van der Waals surface area contributed by atoms with Crippen molar-refractivity contribution in [1.82, 2.24) is 24.5 Å². The summed E-state index contributed by atoms with van der Waals surface area (Å²) >= 11 is 0. The molecule has 248 valence electrons. The standard InChI is InChI=1S/C33H36F2N6O6/c1-20-14-25(39-28(15-20)40-27-16-22(30(34)35)10-11-36-27)23-6-9-26(38-17-23)33(2,44)24-7-4-21(5-8-24)31(42)46-19-47-32(43)45-18-29-37-12-13-41(29)3/h6,9-17,21,24,30,44H,4-5,7-8,18-19H2,1-3H3,(H,36,39,40)/t21?,24?,33-/m1/s1. The van der Waals surface area contributed by atoms with Crippen molar-refractivity contribution in [2.45, 2.75) is 58.2 Å². The number of rotatable bonds is 11. The molecule has 0 amide bonds. The summed E-state index contributed by atoms with van der Waals surface area (Å²) in [5.74, 6) is 0.238. The Balaban J connectivity index is 1.12. The zero-order valence-electron chi connectivity index (χ0n) is 26.2. The molecule has 47 heavy (non-hydrogen) atoms. The minimum atomic E-state index is -2.61. The third-order valence-corrected chi connectivity index (χ3v) is 8.31. The van der Waals surface area contributed by atoms with Crippen LogP contribution in [-0.2, 0) is 38.3 Å². The van der Waals surface area contributed by atoms with Gasteiger partial charge in [0.25, 0.3) is 6.43 Å². The molecule has 1 fully saturated rings. The Morgan fingerprint density at radius 3 is 2.49 bits per heavy atom. The van der Waals surface area contributed by atoms with Gasteiger partial charge in [-0.3, -0.25) is 9.78 Å². The zero-order valence-corrected chi connectivity index (χ0v) is 26.2. The van der Waals surface area contributed by atoms with E-state index in [0.29, 0.717) is 54.3 Å². The largest absolute Gasteiger partial charge is 0.511 e. The van der Waals surface area contributed by atoms with Crippen LogP contribution in [0.2, 0.25) is 0 Å². The quantitative estimate of drug-likeness (QED) is 0.143. The molecular weight excluding hydrogens is 614 g/mol. The van der Waals surface area contributed by atoms with E-state index in [1.54, 1.807) is 49.3 Å². The van der Waals surface area contributed by atoms with Crippen molar-refractivity contribution in [3.63, 3.8) is 0 Å². The number of anilines is 2. The fourth-order valence-corrected chi connectivity index (χ4v) is 5.56. The Kier molecular flexibility index (Phi) is 10.4. The molecule has 5 rings (SSSR count). The average molecular weight is 651 g/mol. The smallest absolute Gasteiger partial charge is 0.427 e. The van der Waals surface area contributed by atoms with Crippen LogP contribution in [0.25, 0.3) is 11.3 Å². The van der Waals surface area contributed by atoms with Crippen molar-refractivity contribution in [3.8, 4) is 11.3 Å². The lowest BCUT2D eigenvalue weighted by Gasteiger charge is -2.37. The highest BCUT2D eigenvalue weighted by atomic mass is 19.3. The number of alkyl halides is 2. The maximum Gasteiger partial charge on any atom is 0.511 e. The van der Waals surface area contributed by atoms with Gasteiger partial charge in [-0.15, -0.1) is 0 Å². The predicted molar refractivity (Wildman–Crippen MR) is 165 cm³/mol. The molecule has 1 atom stereocenters. The molecular formula is C33H36F2N6O6. The van der Waals surface area contributed by atoms with Crippen LogP contribution in [0.3, 0.4) is 0 Å². The highest BCUT2D eigenvalue weighted by Gasteiger charge is 2.39. The van der Waals surface area contributed by atoms with Crippen LogP contribution in [0.4, 0.5) is 25.2 Å². The molecule has 0 saturated heterocycles. The number of nitrogens with zero attached hydrogens (tertiary/aromatic N) is 5. The number of nitrogens with one attached hydrogen (secondary N) is 1. The first-order valence-electron chi connectivity index (χ1n) is 15.1. The van der Waals surface area contributed by atoms with E-state index >= 15 is 0 Å². The van der Waals surface area contributed by atoms with Gasteiger partial charge in [0.05, 0.1) is 17.3 Å². The van der Waals surface area contributed by atoms with Crippen LogP contribution in [0, 0.1) is 18.8 Å². The highest BCUT2D eigenvalue weighted by molar-refractivity contribution is 5.72. The lowest BCUT2D eigenvalue weighted by molar-refractivity contribution is -0.160. The maximum absolute atomic E-state index is 13.1. The molecule has 4 aromatic heterocycles. The van der Waals surface area contributed by atoms with Gasteiger partial charge >= 0.3 is 12.1 Å². The number of aliphatic hydroxyl groups is 1. The summed E-state index contributed by atoms with van der Waals surface area (Å²) in [7, 11) is 1.77. The number of halogens is 2. The molecule has 14 heteroatoms. The Hall–Kier alpha value is -4.98. The zero-order chi connectivity index (χ0) is 33.6. The van der Waals surface area contributed by atoms with E-state index in [0.717, 1.165) is 5.56 Å². The predicted octanol–water partition coefficient (Wildman–Crippen LogP) is 6.13. The fourth-order valence-electron chi connectivity index (χ4n) is 5.56. The van der Waals surface area contributed by atoms with E-state index in [9.17, 15) is 23.5 Å². The second kappa shape index (κ2) is 14.6. The summed E-state index contributed by atoms with van der Waals surface area (Å²) in [5.41, 5.74) is 1.31. The first kappa shape index (κ1) is 33.4. The lowest BCUT2D eigenvalue weighted by atomic mass is 9.73. The van der Waals surface area contributed by atoms with Crippen molar-refractivity contribution in [2.75, 3.05) is 12.1 Å². The van der Waals surface area contributed by atoms with Gasteiger partial charge in [0.2, 0.25) is 6.79 Å². The SMILES string of the molecule is Cc1cc(Nc2cc(C(F)F)ccn2)nc(-c2ccc([C@](C)(O)C3CCC(C(=O)OCOC(=O)OCc4nccn4C)CC3)nc2)c1. The number of esters is 1. The van der Waals surface area contributed by atoms with Crippen molar-refractivity contribution in [2.24, 2.45) is 18.9 Å². The second-order valence-corrected chi connectivity index (χ2v) is 11.7. The number of hydrogen-bond donors (Lipinski definition) is 2. The first-order chi connectivity index (χ1) is 22.5. The van der Waals surface area contributed by atoms with Crippen molar-refractivity contribution >= 4 is 23.8 Å². The molecule has 1 saturated carbocycles. The van der Waals surface area contributed by atoms with Gasteiger partial charge in [-0.2, -0.15) is 0 Å².